The van der Waals surface area contributed by atoms with E-state index in [4.69, 9.17) is 0 Å². The summed E-state index contributed by atoms with van der Waals surface area (Å²) in [5.74, 6) is -1.48. The van der Waals surface area contributed by atoms with Crippen molar-refractivity contribution in [3.63, 3.8) is 0 Å². The van der Waals surface area contributed by atoms with Crippen molar-refractivity contribution in [3.05, 3.63) is 29.1 Å². The van der Waals surface area contributed by atoms with Gasteiger partial charge in [0.1, 0.15) is 5.82 Å². The third-order valence-electron chi connectivity index (χ3n) is 2.76. The first-order chi connectivity index (χ1) is 9.65. The van der Waals surface area contributed by atoms with Crippen LogP contribution < -0.4 is 4.72 Å². The van der Waals surface area contributed by atoms with Crippen molar-refractivity contribution in [3.8, 4) is 0 Å². The van der Waals surface area contributed by atoms with Crippen LogP contribution in [-0.4, -0.2) is 14.0 Å². The Kier molecular flexibility index (Phi) is 4.99. The molecule has 0 unspecified atom stereocenters. The van der Waals surface area contributed by atoms with Crippen LogP contribution >= 0.6 is 0 Å². The van der Waals surface area contributed by atoms with Crippen LogP contribution in [-0.2, 0) is 16.2 Å². The van der Waals surface area contributed by atoms with E-state index >= 15 is 0 Å². The zero-order chi connectivity index (χ0) is 17.5. The standard InChI is InChI=1S/C14H19F4NO2S/c1-8(2)9-6-10(14(16,17)18)12(7-11(9)15)22(20,21)19-13(3,4)5/h6-8,19H,1-5H3. The normalized spacial score (nSPS) is 13.7. The molecule has 1 aromatic rings. The van der Waals surface area contributed by atoms with Crippen molar-refractivity contribution in [1.82, 2.24) is 4.72 Å². The van der Waals surface area contributed by atoms with Gasteiger partial charge in [0.25, 0.3) is 0 Å². The monoisotopic (exact) mass is 341 g/mol. The summed E-state index contributed by atoms with van der Waals surface area (Å²) in [6.07, 6.45) is -4.90. The lowest BCUT2D eigenvalue weighted by molar-refractivity contribution is -0.140. The molecule has 0 amide bonds. The van der Waals surface area contributed by atoms with E-state index in [1.165, 1.54) is 34.6 Å². The van der Waals surface area contributed by atoms with E-state index in [1.54, 1.807) is 0 Å². The van der Waals surface area contributed by atoms with Crippen molar-refractivity contribution in [2.24, 2.45) is 0 Å². The summed E-state index contributed by atoms with van der Waals surface area (Å²) in [6, 6.07) is 1.00. The highest BCUT2D eigenvalue weighted by Crippen LogP contribution is 2.37. The van der Waals surface area contributed by atoms with Gasteiger partial charge in [-0.1, -0.05) is 13.8 Å². The van der Waals surface area contributed by atoms with Crippen LogP contribution in [0, 0.1) is 5.82 Å². The molecule has 22 heavy (non-hydrogen) atoms. The molecule has 1 rings (SSSR count). The van der Waals surface area contributed by atoms with E-state index in [1.807, 2.05) is 0 Å². The van der Waals surface area contributed by atoms with Crippen molar-refractivity contribution in [1.29, 1.82) is 0 Å². The minimum Gasteiger partial charge on any atom is -0.207 e. The Morgan fingerprint density at radius 1 is 1.09 bits per heavy atom. The molecule has 0 fully saturated rings. The fourth-order valence-electron chi connectivity index (χ4n) is 1.92. The van der Waals surface area contributed by atoms with Gasteiger partial charge in [-0.25, -0.2) is 17.5 Å². The number of halogens is 4. The van der Waals surface area contributed by atoms with E-state index in [9.17, 15) is 26.0 Å². The second-order valence-corrected chi connectivity index (χ2v) is 8.03. The second kappa shape index (κ2) is 5.81. The van der Waals surface area contributed by atoms with Crippen LogP contribution in [0.1, 0.15) is 51.7 Å². The Bertz CT molecular complexity index is 659. The summed E-state index contributed by atoms with van der Waals surface area (Å²) in [7, 11) is -4.51. The Hall–Kier alpha value is -1.15. The highest BCUT2D eigenvalue weighted by Gasteiger charge is 2.39. The van der Waals surface area contributed by atoms with Crippen molar-refractivity contribution in [2.75, 3.05) is 0 Å². The Morgan fingerprint density at radius 3 is 1.95 bits per heavy atom. The maximum atomic E-state index is 14.0. The highest BCUT2D eigenvalue weighted by atomic mass is 32.2. The molecule has 0 saturated carbocycles. The number of hydrogen-bond acceptors (Lipinski definition) is 2. The van der Waals surface area contributed by atoms with Gasteiger partial charge in [0.15, 0.2) is 0 Å². The largest absolute Gasteiger partial charge is 0.417 e. The number of alkyl halides is 3. The first kappa shape index (κ1) is 18.9. The van der Waals surface area contributed by atoms with Crippen LogP contribution in [0.25, 0.3) is 0 Å². The fourth-order valence-corrected chi connectivity index (χ4v) is 3.56. The lowest BCUT2D eigenvalue weighted by atomic mass is 10.00. The molecule has 126 valence electrons. The fraction of sp³-hybridized carbons (Fsp3) is 0.571. The predicted octanol–water partition coefficient (Wildman–Crippen LogP) is 4.04. The number of nitrogens with one attached hydrogen (secondary N) is 1. The predicted molar refractivity (Wildman–Crippen MR) is 75.6 cm³/mol. The first-order valence-corrected chi connectivity index (χ1v) is 8.08. The Morgan fingerprint density at radius 2 is 1.59 bits per heavy atom. The molecular weight excluding hydrogens is 322 g/mol. The van der Waals surface area contributed by atoms with Gasteiger partial charge in [0, 0.05) is 5.54 Å². The number of sulfonamides is 1. The molecule has 0 aliphatic carbocycles. The molecule has 0 heterocycles. The Labute approximate surface area is 127 Å². The van der Waals surface area contributed by atoms with Gasteiger partial charge >= 0.3 is 6.18 Å². The quantitative estimate of drug-likeness (QED) is 0.843. The second-order valence-electron chi connectivity index (χ2n) is 6.38. The lowest BCUT2D eigenvalue weighted by Crippen LogP contribution is -2.41. The van der Waals surface area contributed by atoms with E-state index in [-0.39, 0.29) is 5.56 Å². The number of hydrogen-bond donors (Lipinski definition) is 1. The molecule has 0 aliphatic heterocycles. The maximum absolute atomic E-state index is 14.0. The molecule has 0 aromatic heterocycles. The molecule has 0 atom stereocenters. The van der Waals surface area contributed by atoms with E-state index in [0.29, 0.717) is 12.1 Å². The van der Waals surface area contributed by atoms with Gasteiger partial charge in [-0.05, 0) is 44.4 Å². The summed E-state index contributed by atoms with van der Waals surface area (Å²) in [6.45, 7) is 7.50. The van der Waals surface area contributed by atoms with Gasteiger partial charge in [0.2, 0.25) is 10.0 Å². The number of rotatable bonds is 3. The molecule has 3 nitrogen and oxygen atoms in total. The molecule has 0 bridgehead atoms. The minimum atomic E-state index is -4.90. The zero-order valence-electron chi connectivity index (χ0n) is 13.0. The zero-order valence-corrected chi connectivity index (χ0v) is 13.8. The van der Waals surface area contributed by atoms with Gasteiger partial charge in [-0.2, -0.15) is 13.2 Å². The topological polar surface area (TPSA) is 46.2 Å². The van der Waals surface area contributed by atoms with Crippen LogP contribution in [0.15, 0.2) is 17.0 Å². The average molecular weight is 341 g/mol. The summed E-state index contributed by atoms with van der Waals surface area (Å²) < 4.78 is 79.9. The van der Waals surface area contributed by atoms with Crippen molar-refractivity contribution < 1.29 is 26.0 Å². The molecule has 0 radical (unpaired) electrons. The van der Waals surface area contributed by atoms with Gasteiger partial charge < -0.3 is 0 Å². The summed E-state index contributed by atoms with van der Waals surface area (Å²) in [5, 5.41) is 0. The van der Waals surface area contributed by atoms with Crippen LogP contribution in [0.2, 0.25) is 0 Å². The molecule has 0 saturated heterocycles. The van der Waals surface area contributed by atoms with Gasteiger partial charge in [0.05, 0.1) is 10.5 Å². The third kappa shape index (κ3) is 4.42. The average Bonchev–Trinajstić information content (AvgIpc) is 2.22. The summed E-state index contributed by atoms with van der Waals surface area (Å²) in [4.78, 5) is -1.10. The summed E-state index contributed by atoms with van der Waals surface area (Å²) in [5.41, 5.74) is -2.54. The molecule has 8 heteroatoms. The van der Waals surface area contributed by atoms with Crippen LogP contribution in [0.5, 0.6) is 0 Å². The molecule has 0 spiro atoms. The van der Waals surface area contributed by atoms with E-state index in [2.05, 4.69) is 4.72 Å². The minimum absolute atomic E-state index is 0.179. The number of benzene rings is 1. The lowest BCUT2D eigenvalue weighted by Gasteiger charge is -2.23. The molecule has 1 N–H and O–H groups in total. The SMILES string of the molecule is CC(C)c1cc(C(F)(F)F)c(S(=O)(=O)NC(C)(C)C)cc1F. The third-order valence-corrected chi connectivity index (χ3v) is 4.55. The molecular formula is C14H19F4NO2S. The van der Waals surface area contributed by atoms with Crippen LogP contribution in [0.4, 0.5) is 17.6 Å². The van der Waals surface area contributed by atoms with Crippen molar-refractivity contribution in [2.45, 2.75) is 57.1 Å². The molecule has 0 aliphatic rings. The Balaban J connectivity index is 3.64. The van der Waals surface area contributed by atoms with E-state index < -0.39 is 43.9 Å². The van der Waals surface area contributed by atoms with E-state index in [0.717, 1.165) is 0 Å². The smallest absolute Gasteiger partial charge is 0.207 e. The summed E-state index contributed by atoms with van der Waals surface area (Å²) >= 11 is 0. The van der Waals surface area contributed by atoms with Crippen molar-refractivity contribution >= 4 is 10.0 Å². The maximum Gasteiger partial charge on any atom is 0.417 e. The molecule has 1 aromatic carbocycles. The first-order valence-electron chi connectivity index (χ1n) is 6.60. The van der Waals surface area contributed by atoms with Crippen LogP contribution in [0.3, 0.4) is 0 Å². The highest BCUT2D eigenvalue weighted by molar-refractivity contribution is 7.89. The van der Waals surface area contributed by atoms with Gasteiger partial charge in [-0.3, -0.25) is 0 Å². The van der Waals surface area contributed by atoms with Gasteiger partial charge in [-0.15, -0.1) is 0 Å².